The largest absolute Gasteiger partial charge is 0.395 e. The highest BCUT2D eigenvalue weighted by atomic mass is 16.5. The molecular weight excluding hydrogens is 194 g/mol. The molecule has 0 saturated carbocycles. The van der Waals surface area contributed by atoms with Gasteiger partial charge in [-0.05, 0) is 38.1 Å². The molecule has 2 aliphatic rings. The van der Waals surface area contributed by atoms with Crippen molar-refractivity contribution in [2.45, 2.75) is 37.3 Å². The molecule has 15 heavy (non-hydrogen) atoms. The number of piperidine rings is 1. The molecule has 0 aromatic heterocycles. The van der Waals surface area contributed by atoms with Crippen LogP contribution in [0.1, 0.15) is 25.7 Å². The van der Waals surface area contributed by atoms with E-state index in [0.29, 0.717) is 19.1 Å². The van der Waals surface area contributed by atoms with Crippen molar-refractivity contribution in [1.82, 2.24) is 5.32 Å². The Bertz CT molecular complexity index is 204. The highest BCUT2D eigenvalue weighted by Gasteiger charge is 2.40. The van der Waals surface area contributed by atoms with Crippen molar-refractivity contribution < 1.29 is 14.9 Å². The van der Waals surface area contributed by atoms with E-state index in [1.807, 2.05) is 0 Å². The highest BCUT2D eigenvalue weighted by molar-refractivity contribution is 4.93. The first kappa shape index (κ1) is 11.3. The number of aliphatic hydroxyl groups is 2. The van der Waals surface area contributed by atoms with Gasteiger partial charge in [-0.3, -0.25) is 0 Å². The maximum absolute atomic E-state index is 10.5. The van der Waals surface area contributed by atoms with Crippen LogP contribution < -0.4 is 5.32 Å². The Kier molecular flexibility index (Phi) is 3.61. The van der Waals surface area contributed by atoms with Crippen molar-refractivity contribution in [3.05, 3.63) is 0 Å². The number of ether oxygens (including phenoxy) is 1. The Morgan fingerprint density at radius 1 is 1.33 bits per heavy atom. The monoisotopic (exact) mass is 215 g/mol. The zero-order chi connectivity index (χ0) is 10.7. The molecule has 3 N–H and O–H groups in total. The molecule has 88 valence electrons. The van der Waals surface area contributed by atoms with Gasteiger partial charge in [0.15, 0.2) is 0 Å². The number of rotatable bonds is 2. The van der Waals surface area contributed by atoms with Gasteiger partial charge in [-0.25, -0.2) is 0 Å². The third kappa shape index (κ3) is 2.50. The molecule has 2 fully saturated rings. The van der Waals surface area contributed by atoms with Gasteiger partial charge in [0.2, 0.25) is 0 Å². The summed E-state index contributed by atoms with van der Waals surface area (Å²) in [4.78, 5) is 0. The molecule has 0 aromatic carbocycles. The lowest BCUT2D eigenvalue weighted by atomic mass is 9.74. The molecule has 2 aliphatic heterocycles. The average molecular weight is 215 g/mol. The third-order valence-electron chi connectivity index (χ3n) is 3.83. The lowest BCUT2D eigenvalue weighted by molar-refractivity contribution is -0.110. The van der Waals surface area contributed by atoms with Crippen molar-refractivity contribution >= 4 is 0 Å². The summed E-state index contributed by atoms with van der Waals surface area (Å²) in [6.45, 7) is 2.41. The van der Waals surface area contributed by atoms with E-state index in [-0.39, 0.29) is 12.6 Å². The Morgan fingerprint density at radius 3 is 2.73 bits per heavy atom. The van der Waals surface area contributed by atoms with Gasteiger partial charge in [0.05, 0.1) is 12.2 Å². The topological polar surface area (TPSA) is 61.7 Å². The standard InChI is InChI=1S/C11H21NO3/c13-8-10-7-9(1-4-12-10)11(14)2-5-15-6-3-11/h9-10,12-14H,1-8H2. The van der Waals surface area contributed by atoms with Gasteiger partial charge in [0.25, 0.3) is 0 Å². The van der Waals surface area contributed by atoms with E-state index in [9.17, 15) is 5.11 Å². The Labute approximate surface area is 90.6 Å². The molecule has 4 heteroatoms. The summed E-state index contributed by atoms with van der Waals surface area (Å²) in [6.07, 6.45) is 3.38. The lowest BCUT2D eigenvalue weighted by Gasteiger charge is -2.43. The van der Waals surface area contributed by atoms with Gasteiger partial charge in [0.1, 0.15) is 0 Å². The van der Waals surface area contributed by atoms with Crippen LogP contribution in [0.4, 0.5) is 0 Å². The van der Waals surface area contributed by atoms with Crippen LogP contribution in [0.15, 0.2) is 0 Å². The Hall–Kier alpha value is -0.160. The van der Waals surface area contributed by atoms with Gasteiger partial charge in [-0.2, -0.15) is 0 Å². The minimum absolute atomic E-state index is 0.163. The van der Waals surface area contributed by atoms with E-state index in [0.717, 1.165) is 32.2 Å². The SMILES string of the molecule is OCC1CC(C2(O)CCOCC2)CCN1. The number of hydrogen-bond donors (Lipinski definition) is 3. The van der Waals surface area contributed by atoms with E-state index in [1.54, 1.807) is 0 Å². The summed E-state index contributed by atoms with van der Waals surface area (Å²) in [6, 6.07) is 0.163. The van der Waals surface area contributed by atoms with Gasteiger partial charge in [-0.15, -0.1) is 0 Å². The second-order valence-corrected chi connectivity index (χ2v) is 4.77. The molecule has 0 amide bonds. The zero-order valence-corrected chi connectivity index (χ0v) is 9.11. The molecule has 0 aromatic rings. The second-order valence-electron chi connectivity index (χ2n) is 4.77. The fourth-order valence-corrected chi connectivity index (χ4v) is 2.77. The maximum atomic E-state index is 10.5. The average Bonchev–Trinajstić information content (AvgIpc) is 2.30. The molecular formula is C11H21NO3. The van der Waals surface area contributed by atoms with Crippen molar-refractivity contribution in [3.8, 4) is 0 Å². The molecule has 4 nitrogen and oxygen atoms in total. The fraction of sp³-hybridized carbons (Fsp3) is 1.00. The first-order chi connectivity index (χ1) is 7.24. The molecule has 0 bridgehead atoms. The minimum Gasteiger partial charge on any atom is -0.395 e. The summed E-state index contributed by atoms with van der Waals surface area (Å²) < 4.78 is 5.28. The van der Waals surface area contributed by atoms with E-state index >= 15 is 0 Å². The second kappa shape index (κ2) is 4.78. The van der Waals surface area contributed by atoms with Crippen molar-refractivity contribution in [2.75, 3.05) is 26.4 Å². The number of aliphatic hydroxyl groups excluding tert-OH is 1. The van der Waals surface area contributed by atoms with Crippen molar-refractivity contribution in [3.63, 3.8) is 0 Å². The predicted octanol–water partition coefficient (Wildman–Crippen LogP) is -0.112. The van der Waals surface area contributed by atoms with Crippen molar-refractivity contribution in [2.24, 2.45) is 5.92 Å². The molecule has 0 radical (unpaired) electrons. The molecule has 2 rings (SSSR count). The van der Waals surface area contributed by atoms with Crippen LogP contribution in [0.2, 0.25) is 0 Å². The molecule has 2 saturated heterocycles. The summed E-state index contributed by atoms with van der Waals surface area (Å²) in [5, 5.41) is 22.9. The molecule has 2 unspecified atom stereocenters. The van der Waals surface area contributed by atoms with Crippen LogP contribution in [-0.2, 0) is 4.74 Å². The van der Waals surface area contributed by atoms with Crippen LogP contribution in [0.3, 0.4) is 0 Å². The van der Waals surface area contributed by atoms with E-state index in [4.69, 9.17) is 9.84 Å². The van der Waals surface area contributed by atoms with Crippen LogP contribution in [0.25, 0.3) is 0 Å². The molecule has 2 atom stereocenters. The van der Waals surface area contributed by atoms with Gasteiger partial charge in [0, 0.05) is 19.3 Å². The lowest BCUT2D eigenvalue weighted by Crippen LogP contribution is -2.51. The first-order valence-electron chi connectivity index (χ1n) is 5.89. The van der Waals surface area contributed by atoms with Crippen LogP contribution in [0.5, 0.6) is 0 Å². The van der Waals surface area contributed by atoms with E-state index in [1.165, 1.54) is 0 Å². The van der Waals surface area contributed by atoms with Gasteiger partial charge in [-0.1, -0.05) is 0 Å². The summed E-state index contributed by atoms with van der Waals surface area (Å²) in [7, 11) is 0. The minimum atomic E-state index is -0.548. The molecule has 0 spiro atoms. The van der Waals surface area contributed by atoms with E-state index in [2.05, 4.69) is 5.32 Å². The molecule has 2 heterocycles. The normalized spacial score (nSPS) is 36.4. The Morgan fingerprint density at radius 2 is 2.07 bits per heavy atom. The van der Waals surface area contributed by atoms with Gasteiger partial charge < -0.3 is 20.3 Å². The quantitative estimate of drug-likeness (QED) is 0.601. The zero-order valence-electron chi connectivity index (χ0n) is 9.11. The Balaban J connectivity index is 1.95. The predicted molar refractivity (Wildman–Crippen MR) is 56.6 cm³/mol. The summed E-state index contributed by atoms with van der Waals surface area (Å²) in [5.74, 6) is 0.319. The van der Waals surface area contributed by atoms with Crippen LogP contribution in [-0.4, -0.2) is 48.2 Å². The molecule has 0 aliphatic carbocycles. The summed E-state index contributed by atoms with van der Waals surface area (Å²) in [5.41, 5.74) is -0.548. The maximum Gasteiger partial charge on any atom is 0.0720 e. The smallest absolute Gasteiger partial charge is 0.0720 e. The van der Waals surface area contributed by atoms with Crippen LogP contribution >= 0.6 is 0 Å². The van der Waals surface area contributed by atoms with Crippen molar-refractivity contribution in [1.29, 1.82) is 0 Å². The number of nitrogens with one attached hydrogen (secondary N) is 1. The summed E-state index contributed by atoms with van der Waals surface area (Å²) >= 11 is 0. The number of hydrogen-bond acceptors (Lipinski definition) is 4. The van der Waals surface area contributed by atoms with E-state index < -0.39 is 5.60 Å². The van der Waals surface area contributed by atoms with Gasteiger partial charge >= 0.3 is 0 Å². The third-order valence-corrected chi connectivity index (χ3v) is 3.83. The first-order valence-corrected chi connectivity index (χ1v) is 5.89. The van der Waals surface area contributed by atoms with Crippen LogP contribution in [0, 0.1) is 5.92 Å². The highest BCUT2D eigenvalue weighted by Crippen LogP contribution is 2.35. The fourth-order valence-electron chi connectivity index (χ4n) is 2.77.